The van der Waals surface area contributed by atoms with Crippen LogP contribution in [0.5, 0.6) is 11.5 Å². The van der Waals surface area contributed by atoms with Gasteiger partial charge >= 0.3 is 0 Å². The summed E-state index contributed by atoms with van der Waals surface area (Å²) in [5, 5.41) is 3.01. The molecule has 0 bridgehead atoms. The summed E-state index contributed by atoms with van der Waals surface area (Å²) in [6.07, 6.45) is 2.51. The molecule has 5 nitrogen and oxygen atoms in total. The molecule has 5 heteroatoms. The number of nitrogens with one attached hydrogen (secondary N) is 1. The molecule has 1 saturated carbocycles. The van der Waals surface area contributed by atoms with Crippen LogP contribution in [0.15, 0.2) is 18.2 Å². The van der Waals surface area contributed by atoms with Crippen molar-refractivity contribution in [1.82, 2.24) is 10.2 Å². The van der Waals surface area contributed by atoms with Gasteiger partial charge in [0.2, 0.25) is 5.91 Å². The van der Waals surface area contributed by atoms with E-state index in [1.165, 1.54) is 12.8 Å². The van der Waals surface area contributed by atoms with Crippen LogP contribution in [0.25, 0.3) is 0 Å². The van der Waals surface area contributed by atoms with Crippen molar-refractivity contribution in [2.75, 3.05) is 33.9 Å². The number of rotatable bonds is 9. The third-order valence-corrected chi connectivity index (χ3v) is 3.95. The fourth-order valence-corrected chi connectivity index (χ4v) is 2.36. The Hall–Kier alpha value is -1.75. The van der Waals surface area contributed by atoms with E-state index in [4.69, 9.17) is 9.47 Å². The number of methoxy groups -OCH3 is 2. The first kappa shape index (κ1) is 16.6. The fraction of sp³-hybridized carbons (Fsp3) is 0.588. The van der Waals surface area contributed by atoms with Crippen molar-refractivity contribution in [1.29, 1.82) is 0 Å². The molecule has 0 aromatic heterocycles. The maximum absolute atomic E-state index is 12.0. The molecule has 2 rings (SSSR count). The first-order valence-electron chi connectivity index (χ1n) is 7.86. The molecule has 0 radical (unpaired) electrons. The Balaban J connectivity index is 1.89. The number of carbonyl (C=O) groups is 1. The summed E-state index contributed by atoms with van der Waals surface area (Å²) in [6, 6.07) is 5.87. The number of amides is 1. The third kappa shape index (κ3) is 4.91. The molecular formula is C17H26N2O3. The van der Waals surface area contributed by atoms with Crippen LogP contribution in [0.1, 0.15) is 25.3 Å². The van der Waals surface area contributed by atoms with Crippen molar-refractivity contribution < 1.29 is 14.3 Å². The van der Waals surface area contributed by atoms with Crippen LogP contribution in [0.3, 0.4) is 0 Å². The van der Waals surface area contributed by atoms with Crippen molar-refractivity contribution in [3.63, 3.8) is 0 Å². The van der Waals surface area contributed by atoms with Gasteiger partial charge in [-0.1, -0.05) is 13.0 Å². The van der Waals surface area contributed by atoms with Crippen molar-refractivity contribution in [3.8, 4) is 11.5 Å². The highest BCUT2D eigenvalue weighted by Crippen LogP contribution is 2.28. The van der Waals surface area contributed by atoms with Crippen LogP contribution in [-0.4, -0.2) is 44.7 Å². The molecule has 1 aromatic carbocycles. The third-order valence-electron chi connectivity index (χ3n) is 3.95. The van der Waals surface area contributed by atoms with E-state index in [9.17, 15) is 4.79 Å². The zero-order valence-electron chi connectivity index (χ0n) is 13.7. The molecule has 22 heavy (non-hydrogen) atoms. The Morgan fingerprint density at radius 1 is 1.27 bits per heavy atom. The Morgan fingerprint density at radius 3 is 2.59 bits per heavy atom. The summed E-state index contributed by atoms with van der Waals surface area (Å²) in [5.41, 5.74) is 1.11. The van der Waals surface area contributed by atoms with Gasteiger partial charge in [-0.25, -0.2) is 0 Å². The minimum Gasteiger partial charge on any atom is -0.493 e. The lowest BCUT2D eigenvalue weighted by Gasteiger charge is -2.20. The predicted octanol–water partition coefficient (Wildman–Crippen LogP) is 2.05. The topological polar surface area (TPSA) is 50.8 Å². The minimum absolute atomic E-state index is 0.106. The van der Waals surface area contributed by atoms with E-state index in [-0.39, 0.29) is 5.91 Å². The average Bonchev–Trinajstić information content (AvgIpc) is 3.36. The zero-order valence-corrected chi connectivity index (χ0v) is 13.7. The summed E-state index contributed by atoms with van der Waals surface area (Å²) in [5.74, 6) is 2.25. The van der Waals surface area contributed by atoms with E-state index in [1.807, 2.05) is 18.2 Å². The van der Waals surface area contributed by atoms with Crippen LogP contribution in [0, 0.1) is 5.92 Å². The number of hydrogen-bond acceptors (Lipinski definition) is 4. The number of hydrogen-bond donors (Lipinski definition) is 1. The number of benzene rings is 1. The SMILES string of the molecule is CCN(CC(=O)NCC1CC1)Cc1ccc(OC)c(OC)c1. The van der Waals surface area contributed by atoms with Crippen molar-refractivity contribution in [3.05, 3.63) is 23.8 Å². The van der Waals surface area contributed by atoms with E-state index in [0.717, 1.165) is 24.4 Å². The first-order chi connectivity index (χ1) is 10.7. The highest BCUT2D eigenvalue weighted by Gasteiger charge is 2.22. The minimum atomic E-state index is 0.106. The summed E-state index contributed by atoms with van der Waals surface area (Å²) in [4.78, 5) is 14.1. The van der Waals surface area contributed by atoms with Gasteiger partial charge in [0.15, 0.2) is 11.5 Å². The molecule has 0 heterocycles. The zero-order chi connectivity index (χ0) is 15.9. The second-order valence-corrected chi connectivity index (χ2v) is 5.74. The van der Waals surface area contributed by atoms with Gasteiger partial charge in [-0.3, -0.25) is 9.69 Å². The van der Waals surface area contributed by atoms with E-state index in [2.05, 4.69) is 17.1 Å². The Bertz CT molecular complexity index is 501. The lowest BCUT2D eigenvalue weighted by atomic mass is 10.2. The molecule has 1 aromatic rings. The molecule has 0 spiro atoms. The van der Waals surface area contributed by atoms with E-state index in [0.29, 0.717) is 24.8 Å². The highest BCUT2D eigenvalue weighted by molar-refractivity contribution is 5.78. The fourth-order valence-electron chi connectivity index (χ4n) is 2.36. The van der Waals surface area contributed by atoms with Crippen LogP contribution in [0.4, 0.5) is 0 Å². The molecule has 1 amide bonds. The van der Waals surface area contributed by atoms with Gasteiger partial charge < -0.3 is 14.8 Å². The van der Waals surface area contributed by atoms with Gasteiger partial charge in [0, 0.05) is 13.1 Å². The van der Waals surface area contributed by atoms with Crippen LogP contribution in [-0.2, 0) is 11.3 Å². The maximum atomic E-state index is 12.0. The summed E-state index contributed by atoms with van der Waals surface area (Å²) < 4.78 is 10.6. The quantitative estimate of drug-likeness (QED) is 0.758. The lowest BCUT2D eigenvalue weighted by molar-refractivity contribution is -0.122. The Morgan fingerprint density at radius 2 is 2.00 bits per heavy atom. The first-order valence-corrected chi connectivity index (χ1v) is 7.86. The van der Waals surface area contributed by atoms with Gasteiger partial charge in [-0.15, -0.1) is 0 Å². The molecule has 0 aliphatic heterocycles. The second kappa shape index (κ2) is 8.03. The molecule has 1 aliphatic rings. The molecule has 1 N–H and O–H groups in total. The summed E-state index contributed by atoms with van der Waals surface area (Å²) >= 11 is 0. The van der Waals surface area contributed by atoms with Gasteiger partial charge in [0.1, 0.15) is 0 Å². The molecular weight excluding hydrogens is 280 g/mol. The molecule has 122 valence electrons. The maximum Gasteiger partial charge on any atom is 0.234 e. The summed E-state index contributed by atoms with van der Waals surface area (Å²) in [7, 11) is 3.25. The average molecular weight is 306 g/mol. The predicted molar refractivity (Wildman–Crippen MR) is 86.2 cm³/mol. The number of ether oxygens (including phenoxy) is 2. The standard InChI is InChI=1S/C17H26N2O3/c1-4-19(12-17(20)18-10-13-5-6-13)11-14-7-8-15(21-2)16(9-14)22-3/h7-9,13H,4-6,10-12H2,1-3H3,(H,18,20). The Kier molecular flexibility index (Phi) is 6.07. The molecule has 0 unspecified atom stereocenters. The van der Waals surface area contributed by atoms with E-state index >= 15 is 0 Å². The van der Waals surface area contributed by atoms with Crippen molar-refractivity contribution in [2.45, 2.75) is 26.3 Å². The molecule has 1 aliphatic carbocycles. The van der Waals surface area contributed by atoms with Crippen LogP contribution >= 0.6 is 0 Å². The number of carbonyl (C=O) groups excluding carboxylic acids is 1. The van der Waals surface area contributed by atoms with Gasteiger partial charge in [-0.2, -0.15) is 0 Å². The van der Waals surface area contributed by atoms with E-state index in [1.54, 1.807) is 14.2 Å². The monoisotopic (exact) mass is 306 g/mol. The lowest BCUT2D eigenvalue weighted by Crippen LogP contribution is -2.37. The molecule has 0 saturated heterocycles. The van der Waals surface area contributed by atoms with Crippen molar-refractivity contribution in [2.24, 2.45) is 5.92 Å². The van der Waals surface area contributed by atoms with E-state index < -0.39 is 0 Å². The van der Waals surface area contributed by atoms with Crippen molar-refractivity contribution >= 4 is 5.91 Å². The van der Waals surface area contributed by atoms with Gasteiger partial charge in [-0.05, 0) is 43.0 Å². The van der Waals surface area contributed by atoms with Crippen LogP contribution in [0.2, 0.25) is 0 Å². The second-order valence-electron chi connectivity index (χ2n) is 5.74. The molecule has 1 fully saturated rings. The normalized spacial score (nSPS) is 14.0. The van der Waals surface area contributed by atoms with Gasteiger partial charge in [0.25, 0.3) is 0 Å². The largest absolute Gasteiger partial charge is 0.493 e. The number of likely N-dealkylation sites (N-methyl/N-ethyl adjacent to an activating group) is 1. The Labute approximate surface area is 132 Å². The molecule has 0 atom stereocenters. The van der Waals surface area contributed by atoms with Gasteiger partial charge in [0.05, 0.1) is 20.8 Å². The highest BCUT2D eigenvalue weighted by atomic mass is 16.5. The summed E-state index contributed by atoms with van der Waals surface area (Å²) in [6.45, 7) is 4.86. The number of nitrogens with zero attached hydrogens (tertiary/aromatic N) is 1. The van der Waals surface area contributed by atoms with Crippen LogP contribution < -0.4 is 14.8 Å². The smallest absolute Gasteiger partial charge is 0.234 e.